The lowest BCUT2D eigenvalue weighted by Crippen LogP contribution is -2.31. The van der Waals surface area contributed by atoms with Gasteiger partial charge in [0.25, 0.3) is 11.8 Å². The Kier molecular flexibility index (Phi) is 4.60. The standard InChI is InChI=1S/C24H18N2O2/c25-23(27)22(26-24(28)16-8-2-1-3-9-16)15-18-14-17-10-4-5-11-19(17)21-13-7-6-12-20(18)21/h1-15H,(H2,25,27)(H,26,28)/b22-15-. The molecule has 0 unspecified atom stereocenters. The molecule has 136 valence electrons. The van der Waals surface area contributed by atoms with Crippen LogP contribution in [-0.2, 0) is 4.79 Å². The number of carbonyl (C=O) groups is 2. The first-order chi connectivity index (χ1) is 13.6. The summed E-state index contributed by atoms with van der Waals surface area (Å²) in [6.45, 7) is 0. The zero-order valence-corrected chi connectivity index (χ0v) is 15.1. The minimum atomic E-state index is -0.693. The van der Waals surface area contributed by atoms with Gasteiger partial charge in [-0.3, -0.25) is 9.59 Å². The van der Waals surface area contributed by atoms with E-state index in [0.717, 1.165) is 27.1 Å². The van der Waals surface area contributed by atoms with Crippen LogP contribution in [0.1, 0.15) is 15.9 Å². The largest absolute Gasteiger partial charge is 0.364 e. The molecule has 0 spiro atoms. The highest BCUT2D eigenvalue weighted by molar-refractivity contribution is 6.12. The Morgan fingerprint density at radius 1 is 0.750 bits per heavy atom. The van der Waals surface area contributed by atoms with E-state index in [1.54, 1.807) is 30.3 Å². The SMILES string of the molecule is NC(=O)/C(=C/c1cc2ccccc2c2ccccc12)NC(=O)c1ccccc1. The van der Waals surface area contributed by atoms with Crippen molar-refractivity contribution in [2.24, 2.45) is 5.73 Å². The van der Waals surface area contributed by atoms with E-state index in [-0.39, 0.29) is 11.6 Å². The van der Waals surface area contributed by atoms with Gasteiger partial charge in [0.2, 0.25) is 0 Å². The Bertz CT molecular complexity index is 1230. The van der Waals surface area contributed by atoms with E-state index in [1.807, 2.05) is 54.6 Å². The lowest BCUT2D eigenvalue weighted by atomic mass is 9.96. The first kappa shape index (κ1) is 17.5. The lowest BCUT2D eigenvalue weighted by Gasteiger charge is -2.11. The summed E-state index contributed by atoms with van der Waals surface area (Å²) in [7, 11) is 0. The van der Waals surface area contributed by atoms with Crippen LogP contribution in [0.4, 0.5) is 0 Å². The van der Waals surface area contributed by atoms with Crippen molar-refractivity contribution < 1.29 is 9.59 Å². The molecule has 0 radical (unpaired) electrons. The van der Waals surface area contributed by atoms with Crippen molar-refractivity contribution in [1.82, 2.24) is 5.32 Å². The number of carbonyl (C=O) groups excluding carboxylic acids is 2. The lowest BCUT2D eigenvalue weighted by molar-refractivity contribution is -0.114. The van der Waals surface area contributed by atoms with Crippen LogP contribution in [0, 0.1) is 0 Å². The minimum Gasteiger partial charge on any atom is -0.364 e. The fraction of sp³-hybridized carbons (Fsp3) is 0. The summed E-state index contributed by atoms with van der Waals surface area (Å²) in [6.07, 6.45) is 1.64. The molecule has 2 amide bonds. The number of fused-ring (bicyclic) bond motifs is 3. The van der Waals surface area contributed by atoms with Crippen molar-refractivity contribution in [2.75, 3.05) is 0 Å². The maximum atomic E-state index is 12.5. The molecule has 0 saturated carbocycles. The van der Waals surface area contributed by atoms with Crippen LogP contribution in [0.2, 0.25) is 0 Å². The van der Waals surface area contributed by atoms with Gasteiger partial charge in [-0.15, -0.1) is 0 Å². The quantitative estimate of drug-likeness (QED) is 0.419. The number of benzene rings is 4. The Morgan fingerprint density at radius 3 is 2.07 bits per heavy atom. The van der Waals surface area contributed by atoms with Crippen molar-refractivity contribution >= 4 is 39.4 Å². The van der Waals surface area contributed by atoms with Crippen LogP contribution in [0.15, 0.2) is 90.6 Å². The predicted molar refractivity (Wildman–Crippen MR) is 113 cm³/mol. The second-order valence-corrected chi connectivity index (χ2v) is 6.47. The molecule has 0 aromatic heterocycles. The van der Waals surface area contributed by atoms with Gasteiger partial charge < -0.3 is 11.1 Å². The van der Waals surface area contributed by atoms with Crippen molar-refractivity contribution in [2.45, 2.75) is 0 Å². The second-order valence-electron chi connectivity index (χ2n) is 6.47. The van der Waals surface area contributed by atoms with Crippen LogP contribution in [-0.4, -0.2) is 11.8 Å². The number of amides is 2. The van der Waals surface area contributed by atoms with E-state index in [2.05, 4.69) is 11.4 Å². The minimum absolute atomic E-state index is 0.0503. The molecule has 4 aromatic carbocycles. The zero-order chi connectivity index (χ0) is 19.5. The van der Waals surface area contributed by atoms with Crippen LogP contribution >= 0.6 is 0 Å². The van der Waals surface area contributed by atoms with Crippen molar-refractivity contribution in [1.29, 1.82) is 0 Å². The fourth-order valence-electron chi connectivity index (χ4n) is 3.31. The number of hydrogen-bond acceptors (Lipinski definition) is 2. The highest BCUT2D eigenvalue weighted by atomic mass is 16.2. The fourth-order valence-corrected chi connectivity index (χ4v) is 3.31. The third kappa shape index (κ3) is 3.35. The Morgan fingerprint density at radius 2 is 1.36 bits per heavy atom. The number of nitrogens with two attached hydrogens (primary N) is 1. The highest BCUT2D eigenvalue weighted by Crippen LogP contribution is 2.29. The number of hydrogen-bond donors (Lipinski definition) is 2. The van der Waals surface area contributed by atoms with Gasteiger partial charge in [-0.25, -0.2) is 0 Å². The van der Waals surface area contributed by atoms with Gasteiger partial charge >= 0.3 is 0 Å². The van der Waals surface area contributed by atoms with Crippen molar-refractivity contribution in [3.63, 3.8) is 0 Å². The van der Waals surface area contributed by atoms with E-state index >= 15 is 0 Å². The van der Waals surface area contributed by atoms with Crippen LogP contribution in [0.3, 0.4) is 0 Å². The molecule has 4 aromatic rings. The Hall–Kier alpha value is -3.92. The molecule has 0 bridgehead atoms. The topological polar surface area (TPSA) is 72.2 Å². The van der Waals surface area contributed by atoms with Gasteiger partial charge in [-0.2, -0.15) is 0 Å². The van der Waals surface area contributed by atoms with Crippen LogP contribution < -0.4 is 11.1 Å². The molecule has 0 aliphatic heterocycles. The average Bonchev–Trinajstić information content (AvgIpc) is 2.74. The van der Waals surface area contributed by atoms with Gasteiger partial charge in [-0.05, 0) is 51.4 Å². The monoisotopic (exact) mass is 366 g/mol. The Labute approximate surface area is 162 Å². The maximum Gasteiger partial charge on any atom is 0.265 e. The molecule has 0 heterocycles. The molecule has 4 heteroatoms. The van der Waals surface area contributed by atoms with Crippen molar-refractivity contribution in [3.8, 4) is 0 Å². The molecule has 0 aliphatic carbocycles. The van der Waals surface area contributed by atoms with Gasteiger partial charge in [0.05, 0.1) is 0 Å². The van der Waals surface area contributed by atoms with Gasteiger partial charge in [0.1, 0.15) is 5.70 Å². The molecule has 3 N–H and O–H groups in total. The molecular formula is C24H18N2O2. The van der Waals surface area contributed by atoms with E-state index in [1.165, 1.54) is 0 Å². The zero-order valence-electron chi connectivity index (χ0n) is 15.1. The molecule has 4 rings (SSSR count). The molecule has 4 nitrogen and oxygen atoms in total. The van der Waals surface area contributed by atoms with Crippen LogP contribution in [0.5, 0.6) is 0 Å². The molecule has 0 fully saturated rings. The Balaban J connectivity index is 1.83. The summed E-state index contributed by atoms with van der Waals surface area (Å²) in [6, 6.07) is 26.7. The van der Waals surface area contributed by atoms with E-state index < -0.39 is 5.91 Å². The number of nitrogens with one attached hydrogen (secondary N) is 1. The summed E-state index contributed by atoms with van der Waals surface area (Å²) >= 11 is 0. The number of primary amides is 1. The summed E-state index contributed by atoms with van der Waals surface area (Å²) < 4.78 is 0. The summed E-state index contributed by atoms with van der Waals surface area (Å²) in [4.78, 5) is 24.5. The van der Waals surface area contributed by atoms with Gasteiger partial charge in [0.15, 0.2) is 0 Å². The molecular weight excluding hydrogens is 348 g/mol. The maximum absolute atomic E-state index is 12.5. The number of rotatable bonds is 4. The normalized spacial score (nSPS) is 11.5. The summed E-state index contributed by atoms with van der Waals surface area (Å²) in [5, 5.41) is 6.87. The molecule has 0 aliphatic rings. The highest BCUT2D eigenvalue weighted by Gasteiger charge is 2.13. The third-order valence-corrected chi connectivity index (χ3v) is 4.65. The predicted octanol–water partition coefficient (Wildman–Crippen LogP) is 4.25. The van der Waals surface area contributed by atoms with Gasteiger partial charge in [-0.1, -0.05) is 66.7 Å². The molecule has 0 atom stereocenters. The van der Waals surface area contributed by atoms with Crippen LogP contribution in [0.25, 0.3) is 27.6 Å². The van der Waals surface area contributed by atoms with E-state index in [0.29, 0.717) is 5.56 Å². The van der Waals surface area contributed by atoms with Gasteiger partial charge in [0, 0.05) is 5.56 Å². The molecule has 28 heavy (non-hydrogen) atoms. The van der Waals surface area contributed by atoms with E-state index in [9.17, 15) is 9.59 Å². The average molecular weight is 366 g/mol. The smallest absolute Gasteiger partial charge is 0.265 e. The third-order valence-electron chi connectivity index (χ3n) is 4.65. The van der Waals surface area contributed by atoms with Crippen molar-refractivity contribution in [3.05, 3.63) is 102 Å². The first-order valence-corrected chi connectivity index (χ1v) is 8.92. The molecule has 0 saturated heterocycles. The van der Waals surface area contributed by atoms with E-state index in [4.69, 9.17) is 5.73 Å². The first-order valence-electron chi connectivity index (χ1n) is 8.92. The summed E-state index contributed by atoms with van der Waals surface area (Å²) in [5.74, 6) is -1.07. The second kappa shape index (κ2) is 7.37. The summed E-state index contributed by atoms with van der Waals surface area (Å²) in [5.41, 5.74) is 6.87.